The van der Waals surface area contributed by atoms with Gasteiger partial charge in [0.25, 0.3) is 0 Å². The number of hydrogen-bond donors (Lipinski definition) is 2. The quantitative estimate of drug-likeness (QED) is 0.840. The van der Waals surface area contributed by atoms with E-state index in [1.54, 1.807) is 12.1 Å². The molecule has 1 aliphatic rings. The molecule has 3 nitrogen and oxygen atoms in total. The molecule has 19 heavy (non-hydrogen) atoms. The fourth-order valence-electron chi connectivity index (χ4n) is 2.54. The van der Waals surface area contributed by atoms with E-state index in [0.717, 1.165) is 17.4 Å². The van der Waals surface area contributed by atoms with Crippen molar-refractivity contribution in [2.24, 2.45) is 0 Å². The first-order chi connectivity index (χ1) is 9.19. The Hall–Kier alpha value is -1.00. The van der Waals surface area contributed by atoms with E-state index in [9.17, 15) is 4.79 Å². The first-order valence-electron chi connectivity index (χ1n) is 6.86. The van der Waals surface area contributed by atoms with Crippen LogP contribution >= 0.6 is 11.8 Å². The number of thioether (sulfide) groups is 1. The minimum absolute atomic E-state index is 0.351. The van der Waals surface area contributed by atoms with Crippen LogP contribution in [-0.2, 0) is 6.54 Å². The molecule has 1 aromatic rings. The van der Waals surface area contributed by atoms with Gasteiger partial charge >= 0.3 is 5.97 Å². The van der Waals surface area contributed by atoms with Crippen LogP contribution in [0, 0.1) is 0 Å². The Morgan fingerprint density at radius 3 is 2.74 bits per heavy atom. The third-order valence-electron chi connectivity index (χ3n) is 3.58. The van der Waals surface area contributed by atoms with Gasteiger partial charge < -0.3 is 10.4 Å². The van der Waals surface area contributed by atoms with Gasteiger partial charge in [-0.05, 0) is 42.7 Å². The zero-order valence-corrected chi connectivity index (χ0v) is 12.1. The van der Waals surface area contributed by atoms with Crippen molar-refractivity contribution in [3.05, 3.63) is 35.4 Å². The number of carboxylic acids is 1. The lowest BCUT2D eigenvalue weighted by Gasteiger charge is -2.13. The molecule has 0 aliphatic heterocycles. The summed E-state index contributed by atoms with van der Waals surface area (Å²) in [7, 11) is 0. The number of rotatable bonds is 6. The van der Waals surface area contributed by atoms with E-state index in [2.05, 4.69) is 24.0 Å². The largest absolute Gasteiger partial charge is 0.478 e. The average molecular weight is 279 g/mol. The van der Waals surface area contributed by atoms with Gasteiger partial charge in [-0.15, -0.1) is 0 Å². The summed E-state index contributed by atoms with van der Waals surface area (Å²) in [4.78, 5) is 10.8. The van der Waals surface area contributed by atoms with Crippen molar-refractivity contribution in [3.63, 3.8) is 0 Å². The number of hydrogen-bond acceptors (Lipinski definition) is 3. The fourth-order valence-corrected chi connectivity index (χ4v) is 3.68. The summed E-state index contributed by atoms with van der Waals surface area (Å²) in [5.41, 5.74) is 1.50. The molecule has 0 amide bonds. The molecule has 0 aromatic heterocycles. The fraction of sp³-hybridized carbons (Fsp3) is 0.533. The molecule has 1 fully saturated rings. The van der Waals surface area contributed by atoms with Gasteiger partial charge in [-0.2, -0.15) is 11.8 Å². The Bertz CT molecular complexity index is 419. The summed E-state index contributed by atoms with van der Waals surface area (Å²) in [6, 6.07) is 7.74. The van der Waals surface area contributed by atoms with Gasteiger partial charge in [-0.1, -0.05) is 19.1 Å². The third-order valence-corrected chi connectivity index (χ3v) is 4.82. The first kappa shape index (κ1) is 14.4. The monoisotopic (exact) mass is 279 g/mol. The maximum Gasteiger partial charge on any atom is 0.335 e. The van der Waals surface area contributed by atoms with Gasteiger partial charge in [0, 0.05) is 17.8 Å². The standard InChI is InChI=1S/C15H21NO2S/c1-2-19-14-8-7-13(9-14)16-10-11-3-5-12(6-4-11)15(17)18/h3-6,13-14,16H,2,7-10H2,1H3,(H,17,18). The highest BCUT2D eigenvalue weighted by molar-refractivity contribution is 7.99. The van der Waals surface area contributed by atoms with E-state index >= 15 is 0 Å². The average Bonchev–Trinajstić information content (AvgIpc) is 2.85. The molecule has 0 saturated heterocycles. The molecule has 2 N–H and O–H groups in total. The Morgan fingerprint density at radius 1 is 1.37 bits per heavy atom. The van der Waals surface area contributed by atoms with Gasteiger partial charge in [-0.25, -0.2) is 4.79 Å². The van der Waals surface area contributed by atoms with Crippen LogP contribution in [0.15, 0.2) is 24.3 Å². The minimum atomic E-state index is -0.866. The molecule has 1 aliphatic carbocycles. The summed E-state index contributed by atoms with van der Waals surface area (Å²) in [6.45, 7) is 3.05. The van der Waals surface area contributed by atoms with Crippen molar-refractivity contribution in [1.29, 1.82) is 0 Å². The van der Waals surface area contributed by atoms with E-state index in [1.165, 1.54) is 25.0 Å². The number of aromatic carboxylic acids is 1. The van der Waals surface area contributed by atoms with Crippen molar-refractivity contribution < 1.29 is 9.90 Å². The number of benzene rings is 1. The van der Waals surface area contributed by atoms with Gasteiger partial charge in [0.1, 0.15) is 0 Å². The van der Waals surface area contributed by atoms with Gasteiger partial charge in [-0.3, -0.25) is 0 Å². The Kier molecular flexibility index (Phi) is 5.28. The molecule has 4 heteroatoms. The molecule has 1 aromatic carbocycles. The second-order valence-corrected chi connectivity index (χ2v) is 6.55. The van der Waals surface area contributed by atoms with Crippen molar-refractivity contribution in [2.45, 2.75) is 44.0 Å². The number of carboxylic acid groups (broad SMARTS) is 1. The molecule has 0 radical (unpaired) electrons. The maximum absolute atomic E-state index is 10.8. The summed E-state index contributed by atoms with van der Waals surface area (Å²) in [6.07, 6.45) is 3.82. The van der Waals surface area contributed by atoms with Crippen LogP contribution in [0.3, 0.4) is 0 Å². The molecule has 1 saturated carbocycles. The zero-order chi connectivity index (χ0) is 13.7. The smallest absolute Gasteiger partial charge is 0.335 e. The molecular formula is C15H21NO2S. The van der Waals surface area contributed by atoms with Crippen molar-refractivity contribution in [2.75, 3.05) is 5.75 Å². The predicted molar refractivity (Wildman–Crippen MR) is 79.8 cm³/mol. The molecular weight excluding hydrogens is 258 g/mol. The van der Waals surface area contributed by atoms with E-state index in [0.29, 0.717) is 11.6 Å². The second-order valence-electron chi connectivity index (χ2n) is 4.97. The predicted octanol–water partition coefficient (Wildman–Crippen LogP) is 3.15. The summed E-state index contributed by atoms with van der Waals surface area (Å²) >= 11 is 2.06. The summed E-state index contributed by atoms with van der Waals surface area (Å²) in [5.74, 6) is 0.336. The molecule has 0 bridgehead atoms. The summed E-state index contributed by atoms with van der Waals surface area (Å²) < 4.78 is 0. The highest BCUT2D eigenvalue weighted by Crippen LogP contribution is 2.29. The maximum atomic E-state index is 10.8. The van der Waals surface area contributed by atoms with Crippen molar-refractivity contribution in [1.82, 2.24) is 5.32 Å². The lowest BCUT2D eigenvalue weighted by Crippen LogP contribution is -2.26. The SMILES string of the molecule is CCSC1CCC(NCc2ccc(C(=O)O)cc2)C1. The Morgan fingerprint density at radius 2 is 2.11 bits per heavy atom. The first-order valence-corrected chi connectivity index (χ1v) is 7.91. The van der Waals surface area contributed by atoms with Crippen LogP contribution in [0.2, 0.25) is 0 Å². The topological polar surface area (TPSA) is 49.3 Å². The molecule has 2 rings (SSSR count). The van der Waals surface area contributed by atoms with E-state index < -0.39 is 5.97 Å². The lowest BCUT2D eigenvalue weighted by molar-refractivity contribution is 0.0697. The lowest BCUT2D eigenvalue weighted by atomic mass is 10.1. The zero-order valence-electron chi connectivity index (χ0n) is 11.3. The highest BCUT2D eigenvalue weighted by atomic mass is 32.2. The molecule has 2 unspecified atom stereocenters. The van der Waals surface area contributed by atoms with E-state index in [-0.39, 0.29) is 0 Å². The van der Waals surface area contributed by atoms with Crippen LogP contribution in [0.4, 0.5) is 0 Å². The van der Waals surface area contributed by atoms with Gasteiger partial charge in [0.15, 0.2) is 0 Å². The molecule has 0 spiro atoms. The van der Waals surface area contributed by atoms with Crippen LogP contribution in [0.25, 0.3) is 0 Å². The second kappa shape index (κ2) is 6.96. The Balaban J connectivity index is 1.78. The number of nitrogens with one attached hydrogen (secondary N) is 1. The minimum Gasteiger partial charge on any atom is -0.478 e. The van der Waals surface area contributed by atoms with Crippen molar-refractivity contribution in [3.8, 4) is 0 Å². The van der Waals surface area contributed by atoms with Crippen LogP contribution in [-0.4, -0.2) is 28.1 Å². The van der Waals surface area contributed by atoms with E-state index in [4.69, 9.17) is 5.11 Å². The Labute approximate surface area is 118 Å². The highest BCUT2D eigenvalue weighted by Gasteiger charge is 2.23. The number of carbonyl (C=O) groups is 1. The molecule has 0 heterocycles. The van der Waals surface area contributed by atoms with Gasteiger partial charge in [0.05, 0.1) is 5.56 Å². The summed E-state index contributed by atoms with van der Waals surface area (Å²) in [5, 5.41) is 13.2. The molecule has 104 valence electrons. The van der Waals surface area contributed by atoms with Crippen LogP contribution in [0.5, 0.6) is 0 Å². The molecule has 2 atom stereocenters. The van der Waals surface area contributed by atoms with Gasteiger partial charge in [0.2, 0.25) is 0 Å². The van der Waals surface area contributed by atoms with Crippen LogP contribution < -0.4 is 5.32 Å². The van der Waals surface area contributed by atoms with Crippen molar-refractivity contribution >= 4 is 17.7 Å². The van der Waals surface area contributed by atoms with Crippen LogP contribution in [0.1, 0.15) is 42.1 Å². The third kappa shape index (κ3) is 4.25. The van der Waals surface area contributed by atoms with E-state index in [1.807, 2.05) is 12.1 Å². The normalized spacial score (nSPS) is 22.6.